The molecule has 9 heteroatoms. The second-order valence-electron chi connectivity index (χ2n) is 13.2. The number of ketones is 1. The number of hydrogen-bond donors (Lipinski definition) is 2. The van der Waals surface area contributed by atoms with Gasteiger partial charge in [-0.1, -0.05) is 33.3 Å². The first kappa shape index (κ1) is 28.6. The summed E-state index contributed by atoms with van der Waals surface area (Å²) in [4.78, 5) is 25.2. The van der Waals surface area contributed by atoms with E-state index < -0.39 is 37.7 Å². The zero-order valence-corrected chi connectivity index (χ0v) is 23.6. The van der Waals surface area contributed by atoms with E-state index in [1.54, 1.807) is 13.0 Å². The molecule has 7 nitrogen and oxygen atoms in total. The Morgan fingerprint density at radius 3 is 2.64 bits per heavy atom. The largest absolute Gasteiger partial charge is 0.494 e. The Labute approximate surface area is 230 Å². The molecule has 39 heavy (non-hydrogen) atoms. The lowest BCUT2D eigenvalue weighted by Crippen LogP contribution is -2.60. The standard InChI is InChI=1S/C30H42BFO7/c1-18-8-12-30(13-9-19(2)33)17-28(18,4)23(14-29(10-5-11-29)27(35)20(30)3)39-24(34)16-37-22-7-6-21-15-38-31(36)25(21)26(22)32/h6-7,18,20,23,27,35-36H,5,8-17H2,1-4H3/t18-,20+,23-,27+,28+,30-/m1/s1. The highest BCUT2D eigenvalue weighted by Gasteiger charge is 2.61. The molecule has 3 fully saturated rings. The van der Waals surface area contributed by atoms with Gasteiger partial charge in [-0.2, -0.15) is 0 Å². The number of carbonyl (C=O) groups excluding carboxylic acids is 2. The first-order valence-corrected chi connectivity index (χ1v) is 14.5. The van der Waals surface area contributed by atoms with Crippen LogP contribution >= 0.6 is 0 Å². The van der Waals surface area contributed by atoms with Crippen molar-refractivity contribution in [2.24, 2.45) is 28.1 Å². The van der Waals surface area contributed by atoms with Gasteiger partial charge < -0.3 is 29.1 Å². The molecule has 3 aliphatic carbocycles. The summed E-state index contributed by atoms with van der Waals surface area (Å²) in [5, 5.41) is 21.7. The Morgan fingerprint density at radius 2 is 1.97 bits per heavy atom. The van der Waals surface area contributed by atoms with E-state index >= 15 is 0 Å². The number of hydrogen-bond acceptors (Lipinski definition) is 7. The van der Waals surface area contributed by atoms with E-state index in [1.165, 1.54) is 6.07 Å². The monoisotopic (exact) mass is 544 g/mol. The van der Waals surface area contributed by atoms with Gasteiger partial charge in [-0.3, -0.25) is 0 Å². The summed E-state index contributed by atoms with van der Waals surface area (Å²) in [5.74, 6) is -0.951. The van der Waals surface area contributed by atoms with Gasteiger partial charge in [-0.05, 0) is 80.8 Å². The van der Waals surface area contributed by atoms with Crippen LogP contribution in [0.4, 0.5) is 4.39 Å². The quantitative estimate of drug-likeness (QED) is 0.394. The van der Waals surface area contributed by atoms with Crippen LogP contribution in [0.15, 0.2) is 12.1 Å². The normalized spacial score (nSPS) is 35.0. The molecule has 2 N–H and O–H groups in total. The molecule has 3 saturated carbocycles. The number of aliphatic hydroxyl groups is 1. The number of Topliss-reactive ketones (excluding diaryl/α,β-unsaturated/α-hetero) is 1. The first-order valence-electron chi connectivity index (χ1n) is 14.5. The van der Waals surface area contributed by atoms with Gasteiger partial charge in [0.05, 0.1) is 12.7 Å². The van der Waals surface area contributed by atoms with Crippen LogP contribution in [0.3, 0.4) is 0 Å². The highest BCUT2D eigenvalue weighted by atomic mass is 19.1. The zero-order valence-electron chi connectivity index (χ0n) is 23.6. The van der Waals surface area contributed by atoms with E-state index in [-0.39, 0.29) is 51.7 Å². The zero-order chi connectivity index (χ0) is 28.2. The minimum atomic E-state index is -1.35. The van der Waals surface area contributed by atoms with Crippen molar-refractivity contribution >= 4 is 24.3 Å². The molecule has 5 rings (SSSR count). The lowest BCUT2D eigenvalue weighted by molar-refractivity contribution is -0.209. The smallest absolute Gasteiger partial charge is 0.479 e. The fourth-order valence-electron chi connectivity index (χ4n) is 8.13. The molecule has 0 amide bonds. The fourth-order valence-corrected chi connectivity index (χ4v) is 8.13. The van der Waals surface area contributed by atoms with E-state index in [0.717, 1.165) is 44.9 Å². The summed E-state index contributed by atoms with van der Waals surface area (Å²) in [5.41, 5.74) is -0.250. The molecule has 2 bridgehead atoms. The predicted molar refractivity (Wildman–Crippen MR) is 144 cm³/mol. The molecule has 214 valence electrons. The van der Waals surface area contributed by atoms with E-state index in [4.69, 9.17) is 14.1 Å². The maximum atomic E-state index is 14.9. The Hall–Kier alpha value is -1.97. The minimum Gasteiger partial charge on any atom is -0.479 e. The topological polar surface area (TPSA) is 102 Å². The highest BCUT2D eigenvalue weighted by molar-refractivity contribution is 6.61. The number of rotatable bonds is 7. The molecular formula is C30H42BFO7. The SMILES string of the molecule is CC(=O)CC[C@]12CC[C@@H](C)[C@](C)(C1)[C@H](OC(=O)COc1ccc3c(c1F)B(O)OC3)CC1(CCC1)[C@@H](O)[C@@H]2C. The number of carbonyl (C=O) groups is 2. The third-order valence-electron chi connectivity index (χ3n) is 11.2. The van der Waals surface area contributed by atoms with E-state index in [0.29, 0.717) is 18.4 Å². The van der Waals surface area contributed by atoms with Crippen molar-refractivity contribution in [1.82, 2.24) is 0 Å². The van der Waals surface area contributed by atoms with Crippen LogP contribution in [0.5, 0.6) is 5.75 Å². The number of aliphatic hydroxyl groups excluding tert-OH is 1. The van der Waals surface area contributed by atoms with Gasteiger partial charge in [0.25, 0.3) is 0 Å². The van der Waals surface area contributed by atoms with Crippen LogP contribution in [0.1, 0.15) is 91.0 Å². The molecule has 6 atom stereocenters. The van der Waals surface area contributed by atoms with Crippen molar-refractivity contribution < 1.29 is 38.2 Å². The summed E-state index contributed by atoms with van der Waals surface area (Å²) in [6, 6.07) is 3.06. The van der Waals surface area contributed by atoms with Gasteiger partial charge in [0, 0.05) is 22.7 Å². The third kappa shape index (κ3) is 4.93. The van der Waals surface area contributed by atoms with Crippen molar-refractivity contribution in [2.75, 3.05) is 6.61 Å². The predicted octanol–water partition coefficient (Wildman–Crippen LogP) is 4.09. The Morgan fingerprint density at radius 1 is 1.23 bits per heavy atom. The van der Waals surface area contributed by atoms with Crippen LogP contribution < -0.4 is 10.2 Å². The summed E-state index contributed by atoms with van der Waals surface area (Å²) in [6.45, 7) is 7.87. The summed E-state index contributed by atoms with van der Waals surface area (Å²) in [6.07, 6.45) is 6.33. The Balaban J connectivity index is 1.38. The highest BCUT2D eigenvalue weighted by Crippen LogP contribution is 2.64. The lowest BCUT2D eigenvalue weighted by atomic mass is 9.44. The summed E-state index contributed by atoms with van der Waals surface area (Å²) < 4.78 is 31.8. The van der Waals surface area contributed by atoms with Gasteiger partial charge in [0.15, 0.2) is 18.2 Å². The van der Waals surface area contributed by atoms with Gasteiger partial charge in [0.2, 0.25) is 0 Å². The van der Waals surface area contributed by atoms with Gasteiger partial charge in [0.1, 0.15) is 11.9 Å². The lowest BCUT2D eigenvalue weighted by Gasteiger charge is -2.62. The van der Waals surface area contributed by atoms with E-state index in [2.05, 4.69) is 20.8 Å². The maximum Gasteiger partial charge on any atom is 0.494 e. The molecule has 1 heterocycles. The number of ether oxygens (including phenoxy) is 2. The summed E-state index contributed by atoms with van der Waals surface area (Å²) >= 11 is 0. The molecule has 1 aromatic rings. The molecule has 1 aromatic carbocycles. The maximum absolute atomic E-state index is 14.9. The van der Waals surface area contributed by atoms with Crippen molar-refractivity contribution in [2.45, 2.75) is 104 Å². The van der Waals surface area contributed by atoms with Crippen LogP contribution in [0.2, 0.25) is 0 Å². The van der Waals surface area contributed by atoms with Crippen molar-refractivity contribution in [3.8, 4) is 5.75 Å². The second kappa shape index (κ2) is 10.5. The van der Waals surface area contributed by atoms with E-state index in [1.807, 2.05) is 0 Å². The number of benzene rings is 1. The Kier molecular flexibility index (Phi) is 7.66. The average Bonchev–Trinajstić information content (AvgIpc) is 3.25. The second-order valence-corrected chi connectivity index (χ2v) is 13.2. The van der Waals surface area contributed by atoms with Crippen molar-refractivity contribution in [3.05, 3.63) is 23.5 Å². The minimum absolute atomic E-state index is 0.0429. The molecule has 0 saturated heterocycles. The number of fused-ring (bicyclic) bond motifs is 3. The first-order chi connectivity index (χ1) is 18.4. The van der Waals surface area contributed by atoms with Gasteiger partial charge in [-0.15, -0.1) is 0 Å². The molecule has 1 spiro atoms. The van der Waals surface area contributed by atoms with Crippen molar-refractivity contribution in [1.29, 1.82) is 0 Å². The van der Waals surface area contributed by atoms with Gasteiger partial charge >= 0.3 is 13.1 Å². The van der Waals surface area contributed by atoms with Crippen LogP contribution in [0.25, 0.3) is 0 Å². The number of esters is 1. The Bertz CT molecular complexity index is 1120. The van der Waals surface area contributed by atoms with Gasteiger partial charge in [-0.25, -0.2) is 9.18 Å². The van der Waals surface area contributed by atoms with Crippen molar-refractivity contribution in [3.63, 3.8) is 0 Å². The molecular weight excluding hydrogens is 502 g/mol. The molecule has 4 aliphatic rings. The van der Waals surface area contributed by atoms with Crippen LogP contribution in [0, 0.1) is 33.9 Å². The molecule has 0 aromatic heterocycles. The van der Waals surface area contributed by atoms with Crippen LogP contribution in [-0.2, 0) is 25.6 Å². The molecule has 0 radical (unpaired) electrons. The fraction of sp³-hybridized carbons (Fsp3) is 0.733. The number of halogens is 1. The third-order valence-corrected chi connectivity index (χ3v) is 11.2. The summed E-state index contributed by atoms with van der Waals surface area (Å²) in [7, 11) is -1.35. The molecule has 1 aliphatic heterocycles. The van der Waals surface area contributed by atoms with Crippen LogP contribution in [-0.4, -0.2) is 47.8 Å². The average molecular weight is 544 g/mol. The molecule has 0 unspecified atom stereocenters. The van der Waals surface area contributed by atoms with E-state index in [9.17, 15) is 24.1 Å².